The second-order valence-electron chi connectivity index (χ2n) is 3.05. The van der Waals surface area contributed by atoms with Gasteiger partial charge in [-0.15, -0.1) is 0 Å². The van der Waals surface area contributed by atoms with E-state index in [-0.39, 0.29) is 12.1 Å². The minimum absolute atomic E-state index is 0.216. The lowest BCUT2D eigenvalue weighted by atomic mass is 10.2. The Bertz CT molecular complexity index is 161. The molecular weight excluding hydrogens is 156 g/mol. The van der Waals surface area contributed by atoms with Crippen LogP contribution in [0.15, 0.2) is 0 Å². The van der Waals surface area contributed by atoms with Crippen molar-refractivity contribution in [2.24, 2.45) is 0 Å². The molecule has 0 aromatic carbocycles. The molecule has 70 valence electrons. The third-order valence-corrected chi connectivity index (χ3v) is 2.21. The lowest BCUT2D eigenvalue weighted by Gasteiger charge is -2.24. The summed E-state index contributed by atoms with van der Waals surface area (Å²) in [6, 6.07) is 0.285. The summed E-state index contributed by atoms with van der Waals surface area (Å²) in [5, 5.41) is 3.24. The van der Waals surface area contributed by atoms with Gasteiger partial charge in [0.25, 0.3) is 0 Å². The van der Waals surface area contributed by atoms with Gasteiger partial charge in [-0.25, -0.2) is 4.79 Å². The van der Waals surface area contributed by atoms with E-state index < -0.39 is 0 Å². The zero-order valence-electron chi connectivity index (χ0n) is 7.67. The molecule has 1 aliphatic rings. The quantitative estimate of drug-likeness (QED) is 0.576. The van der Waals surface area contributed by atoms with Crippen molar-refractivity contribution in [2.45, 2.75) is 19.4 Å². The van der Waals surface area contributed by atoms with E-state index in [2.05, 4.69) is 10.1 Å². The zero-order chi connectivity index (χ0) is 8.97. The van der Waals surface area contributed by atoms with Gasteiger partial charge in [0.05, 0.1) is 7.11 Å². The van der Waals surface area contributed by atoms with Crippen LogP contribution in [0.2, 0.25) is 0 Å². The average molecular weight is 172 g/mol. The second kappa shape index (κ2) is 4.30. The molecule has 12 heavy (non-hydrogen) atoms. The summed E-state index contributed by atoms with van der Waals surface area (Å²) in [5.41, 5.74) is 0. The first-order valence-corrected chi connectivity index (χ1v) is 4.31. The van der Waals surface area contributed by atoms with Crippen molar-refractivity contribution in [1.29, 1.82) is 0 Å². The van der Waals surface area contributed by atoms with Gasteiger partial charge in [-0.1, -0.05) is 0 Å². The molecule has 1 saturated heterocycles. The van der Waals surface area contributed by atoms with Crippen LogP contribution < -0.4 is 5.32 Å². The van der Waals surface area contributed by atoms with Crippen molar-refractivity contribution >= 4 is 6.09 Å². The van der Waals surface area contributed by atoms with E-state index in [1.54, 1.807) is 4.90 Å². The monoisotopic (exact) mass is 172 g/mol. The third kappa shape index (κ3) is 2.11. The van der Waals surface area contributed by atoms with Crippen molar-refractivity contribution in [3.05, 3.63) is 0 Å². The van der Waals surface area contributed by atoms with E-state index in [1.165, 1.54) is 7.11 Å². The van der Waals surface area contributed by atoms with E-state index >= 15 is 0 Å². The molecule has 1 amide bonds. The summed E-state index contributed by atoms with van der Waals surface area (Å²) < 4.78 is 4.67. The highest BCUT2D eigenvalue weighted by Crippen LogP contribution is 2.06. The molecule has 1 aliphatic heterocycles. The Kier molecular flexibility index (Phi) is 3.34. The highest BCUT2D eigenvalue weighted by atomic mass is 16.5. The minimum Gasteiger partial charge on any atom is -0.453 e. The molecule has 0 aliphatic carbocycles. The minimum atomic E-state index is -0.216. The Morgan fingerprint density at radius 3 is 3.00 bits per heavy atom. The molecule has 0 saturated carbocycles. The van der Waals surface area contributed by atoms with Gasteiger partial charge >= 0.3 is 6.09 Å². The first-order chi connectivity index (χ1) is 5.75. The van der Waals surface area contributed by atoms with E-state index in [0.717, 1.165) is 26.1 Å². The fourth-order valence-electron chi connectivity index (χ4n) is 1.40. The van der Waals surface area contributed by atoms with Gasteiger partial charge in [-0.2, -0.15) is 0 Å². The van der Waals surface area contributed by atoms with E-state index in [1.807, 2.05) is 6.92 Å². The predicted molar refractivity (Wildman–Crippen MR) is 46.1 cm³/mol. The molecule has 4 heteroatoms. The summed E-state index contributed by atoms with van der Waals surface area (Å²) in [7, 11) is 1.42. The molecule has 0 aromatic heterocycles. The molecule has 0 radical (unpaired) electrons. The standard InChI is InChI=1S/C8H16N2O2/c1-7-3-4-9-5-6-10(7)8(11)12-2/h7,9H,3-6H2,1-2H3. The number of hydrogen-bond acceptors (Lipinski definition) is 3. The van der Waals surface area contributed by atoms with Crippen LogP contribution in [0, 0.1) is 0 Å². The zero-order valence-corrected chi connectivity index (χ0v) is 7.67. The average Bonchev–Trinajstić information content (AvgIpc) is 2.28. The molecule has 0 spiro atoms. The summed E-state index contributed by atoms with van der Waals surface area (Å²) in [6.07, 6.45) is 0.779. The predicted octanol–water partition coefficient (Wildman–Crippen LogP) is 0.437. The number of rotatable bonds is 0. The smallest absolute Gasteiger partial charge is 0.409 e. The first kappa shape index (κ1) is 9.32. The van der Waals surface area contributed by atoms with Crippen LogP contribution in [-0.4, -0.2) is 43.8 Å². The van der Waals surface area contributed by atoms with Crippen LogP contribution in [0.3, 0.4) is 0 Å². The second-order valence-corrected chi connectivity index (χ2v) is 3.05. The number of ether oxygens (including phenoxy) is 1. The molecule has 1 unspecified atom stereocenters. The lowest BCUT2D eigenvalue weighted by molar-refractivity contribution is 0.111. The third-order valence-electron chi connectivity index (χ3n) is 2.21. The topological polar surface area (TPSA) is 41.6 Å². The Morgan fingerprint density at radius 2 is 2.33 bits per heavy atom. The molecule has 0 aromatic rings. The number of amides is 1. The van der Waals surface area contributed by atoms with Crippen molar-refractivity contribution < 1.29 is 9.53 Å². The summed E-state index contributed by atoms with van der Waals surface area (Å²) in [5.74, 6) is 0. The summed E-state index contributed by atoms with van der Waals surface area (Å²) >= 11 is 0. The van der Waals surface area contributed by atoms with Gasteiger partial charge in [-0.05, 0) is 19.9 Å². The molecule has 1 atom stereocenters. The van der Waals surface area contributed by atoms with Crippen molar-refractivity contribution in [2.75, 3.05) is 26.7 Å². The maximum absolute atomic E-state index is 11.2. The van der Waals surface area contributed by atoms with Gasteiger partial charge in [0.1, 0.15) is 0 Å². The summed E-state index contributed by atoms with van der Waals surface area (Å²) in [4.78, 5) is 13.0. The van der Waals surface area contributed by atoms with Crippen LogP contribution >= 0.6 is 0 Å². The highest BCUT2D eigenvalue weighted by Gasteiger charge is 2.21. The Labute approximate surface area is 72.9 Å². The molecule has 1 N–H and O–H groups in total. The molecule has 0 bridgehead atoms. The van der Waals surface area contributed by atoms with Crippen LogP contribution in [0.5, 0.6) is 0 Å². The molecule has 1 heterocycles. The van der Waals surface area contributed by atoms with Crippen LogP contribution in [0.4, 0.5) is 4.79 Å². The Morgan fingerprint density at radius 1 is 1.58 bits per heavy atom. The van der Waals surface area contributed by atoms with Crippen LogP contribution in [-0.2, 0) is 4.74 Å². The summed E-state index contributed by atoms with van der Waals surface area (Å²) in [6.45, 7) is 4.63. The van der Waals surface area contributed by atoms with Gasteiger partial charge in [-0.3, -0.25) is 0 Å². The number of carbonyl (C=O) groups excluding carboxylic acids is 1. The molecular formula is C8H16N2O2. The van der Waals surface area contributed by atoms with E-state index in [9.17, 15) is 4.79 Å². The molecule has 1 fully saturated rings. The maximum Gasteiger partial charge on any atom is 0.409 e. The van der Waals surface area contributed by atoms with Gasteiger partial charge in [0.2, 0.25) is 0 Å². The lowest BCUT2D eigenvalue weighted by Crippen LogP contribution is -2.39. The largest absolute Gasteiger partial charge is 0.453 e. The number of methoxy groups -OCH3 is 1. The first-order valence-electron chi connectivity index (χ1n) is 4.31. The fourth-order valence-corrected chi connectivity index (χ4v) is 1.40. The molecule has 1 rings (SSSR count). The highest BCUT2D eigenvalue weighted by molar-refractivity contribution is 5.67. The Balaban J connectivity index is 2.52. The van der Waals surface area contributed by atoms with Gasteiger partial charge < -0.3 is 15.0 Å². The SMILES string of the molecule is COC(=O)N1CCNCCC1C. The van der Waals surface area contributed by atoms with Crippen molar-refractivity contribution in [3.63, 3.8) is 0 Å². The number of hydrogen-bond donors (Lipinski definition) is 1. The van der Waals surface area contributed by atoms with Crippen LogP contribution in [0.25, 0.3) is 0 Å². The van der Waals surface area contributed by atoms with Gasteiger partial charge in [0, 0.05) is 19.1 Å². The number of carbonyl (C=O) groups is 1. The van der Waals surface area contributed by atoms with Crippen molar-refractivity contribution in [3.8, 4) is 0 Å². The fraction of sp³-hybridized carbons (Fsp3) is 0.875. The normalized spacial score (nSPS) is 24.8. The van der Waals surface area contributed by atoms with Crippen molar-refractivity contribution in [1.82, 2.24) is 10.2 Å². The van der Waals surface area contributed by atoms with Crippen LogP contribution in [0.1, 0.15) is 13.3 Å². The van der Waals surface area contributed by atoms with E-state index in [4.69, 9.17) is 0 Å². The number of nitrogens with one attached hydrogen (secondary N) is 1. The van der Waals surface area contributed by atoms with E-state index in [0.29, 0.717) is 0 Å². The maximum atomic E-state index is 11.2. The molecule has 4 nitrogen and oxygen atoms in total. The van der Waals surface area contributed by atoms with Gasteiger partial charge in [0.15, 0.2) is 0 Å². The number of nitrogens with zero attached hydrogens (tertiary/aromatic N) is 1. The Hall–Kier alpha value is -0.770.